The molecule has 0 saturated carbocycles. The number of aryl methyl sites for hydroxylation is 1. The molecule has 22 heavy (non-hydrogen) atoms. The van der Waals surface area contributed by atoms with Crippen LogP contribution in [-0.2, 0) is 0 Å². The van der Waals surface area contributed by atoms with Gasteiger partial charge in [0, 0.05) is 5.56 Å². The highest BCUT2D eigenvalue weighted by Crippen LogP contribution is 2.33. The molecular weight excluding hydrogens is 282 g/mol. The van der Waals surface area contributed by atoms with Crippen LogP contribution in [0, 0.1) is 25.2 Å². The van der Waals surface area contributed by atoms with Crippen molar-refractivity contribution >= 4 is 5.78 Å². The maximum Gasteiger partial charge on any atom is 0.257 e. The van der Waals surface area contributed by atoms with E-state index in [9.17, 15) is 10.1 Å². The van der Waals surface area contributed by atoms with Crippen molar-refractivity contribution in [3.8, 4) is 23.4 Å². The maximum absolute atomic E-state index is 11.4. The predicted molar refractivity (Wildman–Crippen MR) is 79.3 cm³/mol. The first kappa shape index (κ1) is 15.4. The number of nitrogens with zero attached hydrogens (tertiary/aromatic N) is 3. The van der Waals surface area contributed by atoms with E-state index in [2.05, 4.69) is 16.3 Å². The third kappa shape index (κ3) is 2.88. The Hall–Kier alpha value is -2.94. The maximum atomic E-state index is 11.4. The summed E-state index contributed by atoms with van der Waals surface area (Å²) in [5, 5.41) is 17.2. The van der Waals surface area contributed by atoms with E-state index in [1.165, 1.54) is 14.0 Å². The number of rotatable bonds is 4. The van der Waals surface area contributed by atoms with E-state index in [1.807, 2.05) is 0 Å². The van der Waals surface area contributed by atoms with Crippen molar-refractivity contribution in [1.82, 2.24) is 10.2 Å². The molecule has 0 spiro atoms. The van der Waals surface area contributed by atoms with E-state index in [0.717, 1.165) is 0 Å². The molecule has 0 atom stereocenters. The van der Waals surface area contributed by atoms with Crippen molar-refractivity contribution in [2.24, 2.45) is 0 Å². The third-order valence-corrected chi connectivity index (χ3v) is 3.31. The molecule has 0 bridgehead atoms. The van der Waals surface area contributed by atoms with Gasteiger partial charge in [0.05, 0.1) is 12.8 Å². The summed E-state index contributed by atoms with van der Waals surface area (Å²) < 4.78 is 10.9. The van der Waals surface area contributed by atoms with Gasteiger partial charge < -0.3 is 9.47 Å². The molecule has 0 aliphatic heterocycles. The number of carbonyl (C=O) groups excluding carboxylic acids is 1. The van der Waals surface area contributed by atoms with E-state index in [4.69, 9.17) is 9.47 Å². The molecule has 1 aromatic carbocycles. The van der Waals surface area contributed by atoms with Gasteiger partial charge in [-0.25, -0.2) is 0 Å². The van der Waals surface area contributed by atoms with Crippen LogP contribution in [0.5, 0.6) is 17.4 Å². The zero-order valence-corrected chi connectivity index (χ0v) is 12.8. The SMILES string of the molecule is COc1cc(C(C)=O)ccc1Oc1nnc(C)c(C)c1C#N. The molecule has 0 aliphatic rings. The van der Waals surface area contributed by atoms with E-state index >= 15 is 0 Å². The summed E-state index contributed by atoms with van der Waals surface area (Å²) in [4.78, 5) is 11.4. The molecule has 0 unspecified atom stereocenters. The second-order valence-corrected chi connectivity index (χ2v) is 4.73. The van der Waals surface area contributed by atoms with E-state index < -0.39 is 0 Å². The molecule has 0 fully saturated rings. The van der Waals surface area contributed by atoms with Crippen molar-refractivity contribution in [2.45, 2.75) is 20.8 Å². The number of aromatic nitrogens is 2. The third-order valence-electron chi connectivity index (χ3n) is 3.31. The number of ketones is 1. The molecule has 6 nitrogen and oxygen atoms in total. The fourth-order valence-corrected chi connectivity index (χ4v) is 1.86. The highest BCUT2D eigenvalue weighted by atomic mass is 16.5. The number of benzene rings is 1. The summed E-state index contributed by atoms with van der Waals surface area (Å²) in [5.74, 6) is 0.784. The lowest BCUT2D eigenvalue weighted by Crippen LogP contribution is -2.02. The zero-order chi connectivity index (χ0) is 16.3. The summed E-state index contributed by atoms with van der Waals surface area (Å²) in [6, 6.07) is 6.88. The predicted octanol–water partition coefficient (Wildman–Crippen LogP) is 2.97. The zero-order valence-electron chi connectivity index (χ0n) is 12.8. The van der Waals surface area contributed by atoms with Crippen LogP contribution < -0.4 is 9.47 Å². The first-order valence-electron chi connectivity index (χ1n) is 6.58. The Labute approximate surface area is 128 Å². The molecule has 0 N–H and O–H groups in total. The Morgan fingerprint density at radius 1 is 1.23 bits per heavy atom. The summed E-state index contributed by atoms with van der Waals surface area (Å²) in [7, 11) is 1.48. The van der Waals surface area contributed by atoms with Crippen molar-refractivity contribution in [2.75, 3.05) is 7.11 Å². The minimum Gasteiger partial charge on any atom is -0.493 e. The van der Waals surface area contributed by atoms with Gasteiger partial charge in [-0.3, -0.25) is 4.79 Å². The first-order chi connectivity index (χ1) is 10.5. The van der Waals surface area contributed by atoms with E-state index in [0.29, 0.717) is 33.9 Å². The topological polar surface area (TPSA) is 85.1 Å². The minimum absolute atomic E-state index is 0.0754. The van der Waals surface area contributed by atoms with E-state index in [-0.39, 0.29) is 11.7 Å². The Kier molecular flexibility index (Phi) is 4.37. The number of methoxy groups -OCH3 is 1. The van der Waals surface area contributed by atoms with E-state index in [1.54, 1.807) is 32.0 Å². The minimum atomic E-state index is -0.0754. The molecule has 1 aromatic heterocycles. The van der Waals surface area contributed by atoms with Gasteiger partial charge >= 0.3 is 0 Å². The van der Waals surface area contributed by atoms with Crippen molar-refractivity contribution in [3.05, 3.63) is 40.6 Å². The van der Waals surface area contributed by atoms with Crippen LogP contribution in [0.4, 0.5) is 0 Å². The largest absolute Gasteiger partial charge is 0.493 e. The first-order valence-corrected chi connectivity index (χ1v) is 6.58. The van der Waals surface area contributed by atoms with Crippen molar-refractivity contribution in [3.63, 3.8) is 0 Å². The summed E-state index contributed by atoms with van der Waals surface area (Å²) >= 11 is 0. The molecule has 0 amide bonds. The smallest absolute Gasteiger partial charge is 0.257 e. The lowest BCUT2D eigenvalue weighted by atomic mass is 10.1. The highest BCUT2D eigenvalue weighted by molar-refractivity contribution is 5.94. The fraction of sp³-hybridized carbons (Fsp3) is 0.250. The molecule has 0 radical (unpaired) electrons. The molecule has 2 rings (SSSR count). The molecule has 0 saturated heterocycles. The van der Waals surface area contributed by atoms with Crippen LogP contribution in [0.2, 0.25) is 0 Å². The standard InChI is InChI=1S/C16H15N3O3/c1-9-10(2)18-19-16(13(9)8-17)22-14-6-5-12(11(3)20)7-15(14)21-4/h5-7H,1-4H3. The van der Waals surface area contributed by atoms with Gasteiger partial charge in [0.15, 0.2) is 17.3 Å². The van der Waals surface area contributed by atoms with Gasteiger partial charge in [-0.2, -0.15) is 10.4 Å². The second kappa shape index (κ2) is 6.22. The summed E-state index contributed by atoms with van der Waals surface area (Å²) in [6.07, 6.45) is 0. The Balaban J connectivity index is 2.46. The monoisotopic (exact) mass is 297 g/mol. The van der Waals surface area contributed by atoms with Gasteiger partial charge in [-0.05, 0) is 44.5 Å². The lowest BCUT2D eigenvalue weighted by Gasteiger charge is -2.12. The van der Waals surface area contributed by atoms with Crippen LogP contribution in [0.15, 0.2) is 18.2 Å². The number of nitriles is 1. The van der Waals surface area contributed by atoms with Crippen molar-refractivity contribution < 1.29 is 14.3 Å². The average Bonchev–Trinajstić information content (AvgIpc) is 2.51. The number of hydrogen-bond acceptors (Lipinski definition) is 6. The van der Waals surface area contributed by atoms with Gasteiger partial charge in [-0.1, -0.05) is 0 Å². The van der Waals surface area contributed by atoms with Crippen LogP contribution in [0.3, 0.4) is 0 Å². The Morgan fingerprint density at radius 3 is 2.55 bits per heavy atom. The molecular formula is C16H15N3O3. The van der Waals surface area contributed by atoms with Gasteiger partial charge in [0.2, 0.25) is 0 Å². The highest BCUT2D eigenvalue weighted by Gasteiger charge is 2.16. The number of hydrogen-bond donors (Lipinski definition) is 0. The normalized spacial score (nSPS) is 9.95. The van der Waals surface area contributed by atoms with Crippen LogP contribution >= 0.6 is 0 Å². The second-order valence-electron chi connectivity index (χ2n) is 4.73. The molecule has 112 valence electrons. The summed E-state index contributed by atoms with van der Waals surface area (Å²) in [6.45, 7) is 5.03. The van der Waals surface area contributed by atoms with Gasteiger partial charge in [-0.15, -0.1) is 5.10 Å². The molecule has 0 aliphatic carbocycles. The molecule has 6 heteroatoms. The van der Waals surface area contributed by atoms with Gasteiger partial charge in [0.25, 0.3) is 5.88 Å². The average molecular weight is 297 g/mol. The van der Waals surface area contributed by atoms with Crippen LogP contribution in [-0.4, -0.2) is 23.1 Å². The summed E-state index contributed by atoms with van der Waals surface area (Å²) in [5.41, 5.74) is 2.22. The number of ether oxygens (including phenoxy) is 2. The molecule has 1 heterocycles. The fourth-order valence-electron chi connectivity index (χ4n) is 1.86. The Morgan fingerprint density at radius 2 is 1.95 bits per heavy atom. The number of carbonyl (C=O) groups is 1. The Bertz CT molecular complexity index is 779. The lowest BCUT2D eigenvalue weighted by molar-refractivity contribution is 0.101. The van der Waals surface area contributed by atoms with Crippen molar-refractivity contribution in [1.29, 1.82) is 5.26 Å². The van der Waals surface area contributed by atoms with Crippen LogP contribution in [0.25, 0.3) is 0 Å². The van der Waals surface area contributed by atoms with Gasteiger partial charge in [0.1, 0.15) is 11.6 Å². The number of Topliss-reactive ketones (excluding diaryl/α,β-unsaturated/α-hetero) is 1. The molecule has 2 aromatic rings. The quantitative estimate of drug-likeness (QED) is 0.806. The van der Waals surface area contributed by atoms with Crippen LogP contribution in [0.1, 0.15) is 34.1 Å².